The van der Waals surface area contributed by atoms with E-state index in [-0.39, 0.29) is 5.82 Å². The zero-order valence-corrected chi connectivity index (χ0v) is 13.1. The fourth-order valence-electron chi connectivity index (χ4n) is 2.26. The van der Waals surface area contributed by atoms with Gasteiger partial charge in [0.05, 0.1) is 0 Å². The zero-order chi connectivity index (χ0) is 14.1. The molecule has 4 heteroatoms. The maximum Gasteiger partial charge on any atom is 0.134 e. The molecule has 0 bridgehead atoms. The van der Waals surface area contributed by atoms with Crippen LogP contribution in [0.15, 0.2) is 46.9 Å². The van der Waals surface area contributed by atoms with Crippen LogP contribution in [0, 0.1) is 16.3 Å². The second-order valence-corrected chi connectivity index (χ2v) is 5.77. The van der Waals surface area contributed by atoms with Crippen molar-refractivity contribution < 1.29 is 8.81 Å². The molecule has 0 aliphatic rings. The van der Waals surface area contributed by atoms with Crippen molar-refractivity contribution in [3.8, 4) is 0 Å². The van der Waals surface area contributed by atoms with Crippen LogP contribution in [-0.2, 0) is 6.54 Å². The molecule has 0 saturated heterocycles. The number of furan rings is 1. The lowest BCUT2D eigenvalue weighted by atomic mass is 10.1. The summed E-state index contributed by atoms with van der Waals surface area (Å²) in [6.07, 6.45) is 0. The van der Waals surface area contributed by atoms with Gasteiger partial charge in [-0.05, 0) is 53.8 Å². The third kappa shape index (κ3) is 2.52. The van der Waals surface area contributed by atoms with Gasteiger partial charge < -0.3 is 9.73 Å². The van der Waals surface area contributed by atoms with Crippen molar-refractivity contribution in [2.75, 3.05) is 5.32 Å². The molecule has 0 amide bonds. The minimum absolute atomic E-state index is 0.218. The number of benzene rings is 2. The van der Waals surface area contributed by atoms with Crippen molar-refractivity contribution in [2.45, 2.75) is 13.5 Å². The lowest BCUT2D eigenvalue weighted by Crippen LogP contribution is -2.01. The molecule has 0 atom stereocenters. The summed E-state index contributed by atoms with van der Waals surface area (Å²) >= 11 is 2.13. The van der Waals surface area contributed by atoms with E-state index < -0.39 is 0 Å². The van der Waals surface area contributed by atoms with Crippen molar-refractivity contribution in [1.29, 1.82) is 0 Å². The first-order valence-corrected chi connectivity index (χ1v) is 7.39. The van der Waals surface area contributed by atoms with Crippen LogP contribution in [0.5, 0.6) is 0 Å². The van der Waals surface area contributed by atoms with Crippen LogP contribution in [0.2, 0.25) is 0 Å². The summed E-state index contributed by atoms with van der Waals surface area (Å²) in [5.74, 6) is 0.695. The molecule has 0 aliphatic heterocycles. The first-order chi connectivity index (χ1) is 9.65. The third-order valence-electron chi connectivity index (χ3n) is 3.29. The van der Waals surface area contributed by atoms with E-state index in [1.165, 1.54) is 12.1 Å². The highest BCUT2D eigenvalue weighted by Crippen LogP contribution is 2.27. The average molecular weight is 381 g/mol. The van der Waals surface area contributed by atoms with Crippen molar-refractivity contribution in [3.05, 3.63) is 63.2 Å². The predicted octanol–water partition coefficient (Wildman–Crippen LogP) is 5.10. The molecule has 102 valence electrons. The Kier molecular flexibility index (Phi) is 3.65. The third-order valence-corrected chi connectivity index (χ3v) is 4.18. The quantitative estimate of drug-likeness (QED) is 0.639. The molecule has 0 spiro atoms. The van der Waals surface area contributed by atoms with Gasteiger partial charge >= 0.3 is 0 Å². The number of halogens is 2. The molecule has 2 nitrogen and oxygen atoms in total. The van der Waals surface area contributed by atoms with Gasteiger partial charge in [0.25, 0.3) is 0 Å². The van der Waals surface area contributed by atoms with Gasteiger partial charge in [0, 0.05) is 26.8 Å². The highest BCUT2D eigenvalue weighted by Gasteiger charge is 2.10. The van der Waals surface area contributed by atoms with Gasteiger partial charge in [-0.15, -0.1) is 0 Å². The number of hydrogen-bond donors (Lipinski definition) is 1. The normalized spacial score (nSPS) is 10.9. The fraction of sp³-hybridized carbons (Fsp3) is 0.125. The molecular formula is C16H13FINO. The van der Waals surface area contributed by atoms with Crippen molar-refractivity contribution in [1.82, 2.24) is 0 Å². The molecule has 2 aromatic carbocycles. The first kappa shape index (κ1) is 13.4. The van der Waals surface area contributed by atoms with Gasteiger partial charge in [0.15, 0.2) is 0 Å². The van der Waals surface area contributed by atoms with Crippen molar-refractivity contribution >= 4 is 39.2 Å². The fourth-order valence-corrected chi connectivity index (χ4v) is 2.93. The molecule has 1 heterocycles. The van der Waals surface area contributed by atoms with Gasteiger partial charge in [0.2, 0.25) is 0 Å². The number of anilines is 1. The van der Waals surface area contributed by atoms with Crippen LogP contribution in [0.3, 0.4) is 0 Å². The smallest absolute Gasteiger partial charge is 0.134 e. The molecule has 0 fully saturated rings. The van der Waals surface area contributed by atoms with Gasteiger partial charge in [-0.3, -0.25) is 0 Å². The van der Waals surface area contributed by atoms with Gasteiger partial charge in [0.1, 0.15) is 17.2 Å². The Bertz CT molecular complexity index is 766. The number of para-hydroxylation sites is 1. The summed E-state index contributed by atoms with van der Waals surface area (Å²) in [5.41, 5.74) is 2.97. The molecular weight excluding hydrogens is 368 g/mol. The molecule has 1 aromatic heterocycles. The Hall–Kier alpha value is -1.56. The molecule has 0 saturated carbocycles. The number of fused-ring (bicyclic) bond motifs is 1. The summed E-state index contributed by atoms with van der Waals surface area (Å²) in [5, 5.41) is 4.46. The highest BCUT2D eigenvalue weighted by molar-refractivity contribution is 14.1. The molecule has 0 aliphatic carbocycles. The van der Waals surface area contributed by atoms with Crippen LogP contribution in [-0.4, -0.2) is 0 Å². The topological polar surface area (TPSA) is 25.2 Å². The van der Waals surface area contributed by atoms with Gasteiger partial charge in [-0.25, -0.2) is 4.39 Å². The van der Waals surface area contributed by atoms with E-state index in [2.05, 4.69) is 34.0 Å². The van der Waals surface area contributed by atoms with E-state index >= 15 is 0 Å². The van der Waals surface area contributed by atoms with Crippen LogP contribution >= 0.6 is 22.6 Å². The van der Waals surface area contributed by atoms with Crippen LogP contribution in [0.25, 0.3) is 11.0 Å². The molecule has 3 aromatic rings. The molecule has 0 unspecified atom stereocenters. The molecule has 20 heavy (non-hydrogen) atoms. The first-order valence-electron chi connectivity index (χ1n) is 6.31. The minimum atomic E-state index is -0.218. The Morgan fingerprint density at radius 1 is 1.20 bits per heavy atom. The van der Waals surface area contributed by atoms with Crippen molar-refractivity contribution in [2.24, 2.45) is 0 Å². The van der Waals surface area contributed by atoms with E-state index in [1.54, 1.807) is 6.07 Å². The second kappa shape index (κ2) is 5.44. The Morgan fingerprint density at radius 3 is 2.80 bits per heavy atom. The van der Waals surface area contributed by atoms with E-state index in [9.17, 15) is 4.39 Å². The summed E-state index contributed by atoms with van der Waals surface area (Å²) < 4.78 is 19.7. The SMILES string of the molecule is Cc1oc2ccccc2c1CNc1ccc(F)cc1I. The lowest BCUT2D eigenvalue weighted by Gasteiger charge is -2.08. The predicted molar refractivity (Wildman–Crippen MR) is 87.4 cm³/mol. The number of rotatable bonds is 3. The summed E-state index contributed by atoms with van der Waals surface area (Å²) in [4.78, 5) is 0. The van der Waals surface area contributed by atoms with Crippen LogP contribution < -0.4 is 5.32 Å². The van der Waals surface area contributed by atoms with Gasteiger partial charge in [-0.2, -0.15) is 0 Å². The van der Waals surface area contributed by atoms with E-state index in [0.717, 1.165) is 31.6 Å². The van der Waals surface area contributed by atoms with E-state index in [0.29, 0.717) is 6.54 Å². The number of nitrogens with one attached hydrogen (secondary N) is 1. The molecule has 3 rings (SSSR count). The second-order valence-electron chi connectivity index (χ2n) is 4.61. The largest absolute Gasteiger partial charge is 0.461 e. The average Bonchev–Trinajstić information content (AvgIpc) is 2.74. The minimum Gasteiger partial charge on any atom is -0.461 e. The standard InChI is InChI=1S/C16H13FINO/c1-10-13(12-4-2-3-5-16(12)20-10)9-19-15-7-6-11(17)8-14(15)18/h2-8,19H,9H2,1H3. The summed E-state index contributed by atoms with van der Waals surface area (Å²) in [6, 6.07) is 12.7. The van der Waals surface area contributed by atoms with E-state index in [1.807, 2.05) is 25.1 Å². The Labute approximate surface area is 130 Å². The maximum atomic E-state index is 13.1. The number of aryl methyl sites for hydroxylation is 1. The highest BCUT2D eigenvalue weighted by atomic mass is 127. The molecule has 1 N–H and O–H groups in total. The lowest BCUT2D eigenvalue weighted by molar-refractivity contribution is 0.573. The Morgan fingerprint density at radius 2 is 2.00 bits per heavy atom. The van der Waals surface area contributed by atoms with Crippen LogP contribution in [0.1, 0.15) is 11.3 Å². The maximum absolute atomic E-state index is 13.1. The zero-order valence-electron chi connectivity index (χ0n) is 10.9. The van der Waals surface area contributed by atoms with Gasteiger partial charge in [-0.1, -0.05) is 18.2 Å². The summed E-state index contributed by atoms with van der Waals surface area (Å²) in [7, 11) is 0. The number of hydrogen-bond acceptors (Lipinski definition) is 2. The van der Waals surface area contributed by atoms with Crippen molar-refractivity contribution in [3.63, 3.8) is 0 Å². The van der Waals surface area contributed by atoms with E-state index in [4.69, 9.17) is 4.42 Å². The Balaban J connectivity index is 1.88. The molecule has 0 radical (unpaired) electrons. The summed E-state index contributed by atoms with van der Waals surface area (Å²) in [6.45, 7) is 2.62. The monoisotopic (exact) mass is 381 g/mol. The van der Waals surface area contributed by atoms with Crippen LogP contribution in [0.4, 0.5) is 10.1 Å².